The lowest BCUT2D eigenvalue weighted by atomic mass is 9.99. The molecule has 0 atom stereocenters. The Hall–Kier alpha value is -2.30. The molecule has 0 bridgehead atoms. The second kappa shape index (κ2) is 13.0. The van der Waals surface area contributed by atoms with Crippen molar-refractivity contribution in [3.63, 3.8) is 0 Å². The molecule has 0 N–H and O–H groups in total. The van der Waals surface area contributed by atoms with Gasteiger partial charge < -0.3 is 0 Å². The highest BCUT2D eigenvalue weighted by molar-refractivity contribution is 5.80. The van der Waals surface area contributed by atoms with E-state index in [1.165, 1.54) is 35.1 Å². The maximum atomic E-state index is 12.4. The summed E-state index contributed by atoms with van der Waals surface area (Å²) in [6, 6.07) is 17.2. The van der Waals surface area contributed by atoms with Gasteiger partial charge in [-0.3, -0.25) is 19.4 Å². The Kier molecular flexibility index (Phi) is 9.46. The Bertz CT molecular complexity index is 877. The van der Waals surface area contributed by atoms with Crippen molar-refractivity contribution in [3.8, 4) is 0 Å². The third kappa shape index (κ3) is 7.61. The van der Waals surface area contributed by atoms with Crippen molar-refractivity contribution in [2.75, 3.05) is 26.2 Å². The highest BCUT2D eigenvalue weighted by Gasteiger charge is 2.19. The van der Waals surface area contributed by atoms with Gasteiger partial charge in [-0.15, -0.1) is 0 Å². The van der Waals surface area contributed by atoms with Gasteiger partial charge in [-0.1, -0.05) is 74.2 Å². The van der Waals surface area contributed by atoms with Gasteiger partial charge in [-0.05, 0) is 47.9 Å². The fraction of sp³-hybridized carbons (Fsp3) is 0.533. The Morgan fingerprint density at radius 2 is 0.941 bits per heavy atom. The molecule has 0 amide bonds. The molecule has 0 fully saturated rings. The van der Waals surface area contributed by atoms with Crippen LogP contribution in [0.4, 0.5) is 0 Å². The van der Waals surface area contributed by atoms with Crippen LogP contribution in [0.25, 0.3) is 0 Å². The monoisotopic (exact) mass is 460 g/mol. The summed E-state index contributed by atoms with van der Waals surface area (Å²) in [7, 11) is 0. The van der Waals surface area contributed by atoms with E-state index in [-0.39, 0.29) is 0 Å². The van der Waals surface area contributed by atoms with E-state index in [1.807, 2.05) is 0 Å². The molecule has 4 nitrogen and oxygen atoms in total. The second-order valence-electron chi connectivity index (χ2n) is 10.2. The first kappa shape index (κ1) is 24.8. The normalized spacial score (nSPS) is 16.1. The van der Waals surface area contributed by atoms with E-state index in [2.05, 4.69) is 58.3 Å². The third-order valence-electron chi connectivity index (χ3n) is 7.38. The Labute approximate surface area is 205 Å². The molecule has 182 valence electrons. The lowest BCUT2D eigenvalue weighted by Crippen LogP contribution is -2.34. The number of rotatable bonds is 13. The number of unbranched alkanes of at least 4 members (excludes halogenated alkanes) is 5. The van der Waals surface area contributed by atoms with Crippen LogP contribution >= 0.6 is 0 Å². The van der Waals surface area contributed by atoms with Crippen LogP contribution in [0.3, 0.4) is 0 Å². The first-order valence-electron chi connectivity index (χ1n) is 13.3. The standard InChI is InChI=1S/C30H40N2O2/c33-29(23-31-19-17-25-11-7-9-13-27(25)21-31)15-5-3-1-2-4-6-16-30(34)24-32-20-18-26-12-8-10-14-28(26)22-32/h7-14H,1-6,15-24H2. The molecule has 0 unspecified atom stereocenters. The summed E-state index contributed by atoms with van der Waals surface area (Å²) >= 11 is 0. The second-order valence-corrected chi connectivity index (χ2v) is 10.2. The molecule has 0 aliphatic carbocycles. The molecule has 0 saturated carbocycles. The van der Waals surface area contributed by atoms with E-state index in [0.717, 1.165) is 64.7 Å². The van der Waals surface area contributed by atoms with Gasteiger partial charge in [0.2, 0.25) is 0 Å². The van der Waals surface area contributed by atoms with Crippen LogP contribution < -0.4 is 0 Å². The van der Waals surface area contributed by atoms with Crippen molar-refractivity contribution in [3.05, 3.63) is 70.8 Å². The number of ketones is 2. The number of benzene rings is 2. The average molecular weight is 461 g/mol. The zero-order valence-corrected chi connectivity index (χ0v) is 20.6. The van der Waals surface area contributed by atoms with Crippen LogP contribution in [0.5, 0.6) is 0 Å². The summed E-state index contributed by atoms with van der Waals surface area (Å²) in [4.78, 5) is 29.4. The molecule has 4 heteroatoms. The molecule has 2 aromatic rings. The van der Waals surface area contributed by atoms with Crippen molar-refractivity contribution in [2.24, 2.45) is 0 Å². The predicted octanol–water partition coefficient (Wildman–Crippen LogP) is 5.36. The van der Waals surface area contributed by atoms with E-state index in [4.69, 9.17) is 0 Å². The quantitative estimate of drug-likeness (QED) is 0.377. The van der Waals surface area contributed by atoms with E-state index in [0.29, 0.717) is 37.5 Å². The van der Waals surface area contributed by atoms with Gasteiger partial charge >= 0.3 is 0 Å². The van der Waals surface area contributed by atoms with Gasteiger partial charge in [0.1, 0.15) is 11.6 Å². The lowest BCUT2D eigenvalue weighted by Gasteiger charge is -2.28. The Morgan fingerprint density at radius 1 is 0.559 bits per heavy atom. The molecule has 0 aromatic heterocycles. The van der Waals surface area contributed by atoms with E-state index >= 15 is 0 Å². The van der Waals surface area contributed by atoms with Crippen LogP contribution in [-0.2, 0) is 35.5 Å². The van der Waals surface area contributed by atoms with E-state index < -0.39 is 0 Å². The fourth-order valence-corrected chi connectivity index (χ4v) is 5.39. The summed E-state index contributed by atoms with van der Waals surface area (Å²) in [6.45, 7) is 4.99. The highest BCUT2D eigenvalue weighted by Crippen LogP contribution is 2.20. The minimum atomic E-state index is 0.380. The minimum Gasteiger partial charge on any atom is -0.298 e. The lowest BCUT2D eigenvalue weighted by molar-refractivity contribution is -0.121. The smallest absolute Gasteiger partial charge is 0.146 e. The average Bonchev–Trinajstić information content (AvgIpc) is 2.85. The van der Waals surface area contributed by atoms with E-state index in [9.17, 15) is 9.59 Å². The van der Waals surface area contributed by atoms with Crippen molar-refractivity contribution in [1.29, 1.82) is 0 Å². The number of hydrogen-bond donors (Lipinski definition) is 0. The number of Topliss-reactive ketones (excluding diaryl/α,β-unsaturated/α-hetero) is 2. The van der Waals surface area contributed by atoms with Gasteiger partial charge in [0, 0.05) is 39.0 Å². The molecule has 2 heterocycles. The molecule has 34 heavy (non-hydrogen) atoms. The molecule has 2 aliphatic heterocycles. The molecule has 0 saturated heterocycles. The van der Waals surface area contributed by atoms with Crippen LogP contribution in [0.1, 0.15) is 73.6 Å². The Morgan fingerprint density at radius 3 is 1.38 bits per heavy atom. The SMILES string of the molecule is O=C(CCCCCCCCC(=O)CN1CCc2ccccc2C1)CN1CCc2ccccc2C1. The molecular formula is C30H40N2O2. The molecule has 2 aromatic carbocycles. The van der Waals surface area contributed by atoms with Gasteiger partial charge in [-0.2, -0.15) is 0 Å². The maximum absolute atomic E-state index is 12.4. The summed E-state index contributed by atoms with van der Waals surface area (Å²) in [6.07, 6.45) is 10.1. The van der Waals surface area contributed by atoms with Gasteiger partial charge in [0.15, 0.2) is 0 Å². The summed E-state index contributed by atoms with van der Waals surface area (Å²) in [5, 5.41) is 0. The zero-order chi connectivity index (χ0) is 23.6. The summed E-state index contributed by atoms with van der Waals surface area (Å²) in [5.41, 5.74) is 5.62. The zero-order valence-electron chi connectivity index (χ0n) is 20.6. The molecular weight excluding hydrogens is 420 g/mol. The van der Waals surface area contributed by atoms with Crippen LogP contribution in [0.2, 0.25) is 0 Å². The van der Waals surface area contributed by atoms with Crippen molar-refractivity contribution in [2.45, 2.75) is 77.3 Å². The highest BCUT2D eigenvalue weighted by atomic mass is 16.1. The summed E-state index contributed by atoms with van der Waals surface area (Å²) < 4.78 is 0. The first-order valence-corrected chi connectivity index (χ1v) is 13.3. The van der Waals surface area contributed by atoms with Gasteiger partial charge in [0.05, 0.1) is 13.1 Å². The van der Waals surface area contributed by atoms with Crippen LogP contribution in [0, 0.1) is 0 Å². The molecule has 0 radical (unpaired) electrons. The van der Waals surface area contributed by atoms with Gasteiger partial charge in [0.25, 0.3) is 0 Å². The molecule has 4 rings (SSSR count). The fourth-order valence-electron chi connectivity index (χ4n) is 5.39. The number of carbonyl (C=O) groups excluding carboxylic acids is 2. The largest absolute Gasteiger partial charge is 0.298 e. The first-order chi connectivity index (χ1) is 16.7. The third-order valence-corrected chi connectivity index (χ3v) is 7.38. The number of nitrogens with zero attached hydrogens (tertiary/aromatic N) is 2. The van der Waals surface area contributed by atoms with Crippen molar-refractivity contribution >= 4 is 11.6 Å². The van der Waals surface area contributed by atoms with Gasteiger partial charge in [-0.25, -0.2) is 0 Å². The molecule has 0 spiro atoms. The topological polar surface area (TPSA) is 40.6 Å². The van der Waals surface area contributed by atoms with Crippen LogP contribution in [-0.4, -0.2) is 47.5 Å². The predicted molar refractivity (Wildman–Crippen MR) is 138 cm³/mol. The van der Waals surface area contributed by atoms with Crippen molar-refractivity contribution in [1.82, 2.24) is 9.80 Å². The number of fused-ring (bicyclic) bond motifs is 2. The molecule has 2 aliphatic rings. The van der Waals surface area contributed by atoms with Crippen LogP contribution in [0.15, 0.2) is 48.5 Å². The number of hydrogen-bond acceptors (Lipinski definition) is 4. The summed E-state index contributed by atoms with van der Waals surface area (Å²) in [5.74, 6) is 0.760. The Balaban J connectivity index is 0.993. The minimum absolute atomic E-state index is 0.380. The van der Waals surface area contributed by atoms with E-state index in [1.54, 1.807) is 0 Å². The van der Waals surface area contributed by atoms with Crippen molar-refractivity contribution < 1.29 is 9.59 Å². The number of carbonyl (C=O) groups is 2. The maximum Gasteiger partial charge on any atom is 0.146 e.